The van der Waals surface area contributed by atoms with Crippen LogP contribution < -0.4 is 21.3 Å². The lowest BCUT2D eigenvalue weighted by Crippen LogP contribution is -2.52. The number of nitrogens with two attached hydrogens (primary N) is 1. The van der Waals surface area contributed by atoms with E-state index in [1.165, 1.54) is 36.6 Å². The molecule has 4 aliphatic heterocycles. The molecule has 1 unspecified atom stereocenters. The highest BCUT2D eigenvalue weighted by Crippen LogP contribution is 2.33. The number of piperazine rings is 2. The lowest BCUT2D eigenvalue weighted by atomic mass is 10.0. The van der Waals surface area contributed by atoms with Gasteiger partial charge >= 0.3 is 0 Å². The topological polar surface area (TPSA) is 178 Å². The number of aromatic nitrogens is 4. The third-order valence-corrected chi connectivity index (χ3v) is 13.5. The Morgan fingerprint density at radius 1 is 0.870 bits per heavy atom. The predicted molar refractivity (Wildman–Crippen MR) is 264 cm³/mol. The fourth-order valence-corrected chi connectivity index (χ4v) is 9.63. The number of benzene rings is 3. The Morgan fingerprint density at radius 3 is 2.36 bits per heavy atom. The first kappa shape index (κ1) is 46.9. The van der Waals surface area contributed by atoms with E-state index in [-0.39, 0.29) is 30.0 Å². The Kier molecular flexibility index (Phi) is 14.2. The minimum absolute atomic E-state index is 0.149. The van der Waals surface area contributed by atoms with Gasteiger partial charge in [-0.2, -0.15) is 0 Å². The van der Waals surface area contributed by atoms with Crippen molar-refractivity contribution in [1.82, 2.24) is 44.4 Å². The smallest absolute Gasteiger partial charge is 0.255 e. The number of piperidine rings is 1. The Balaban J connectivity index is 0.000000174. The molecule has 7 heterocycles. The molecule has 4 aliphatic rings. The van der Waals surface area contributed by atoms with Gasteiger partial charge in [0.2, 0.25) is 18.2 Å². The summed E-state index contributed by atoms with van der Waals surface area (Å²) in [5.41, 5.74) is 14.9. The zero-order valence-electron chi connectivity index (χ0n) is 39.2. The van der Waals surface area contributed by atoms with E-state index in [0.29, 0.717) is 79.9 Å². The quantitative estimate of drug-likeness (QED) is 0.0943. The van der Waals surface area contributed by atoms with Gasteiger partial charge in [0.15, 0.2) is 5.65 Å². The summed E-state index contributed by atoms with van der Waals surface area (Å²) in [7, 11) is 0. The second kappa shape index (κ2) is 21.0. The first-order chi connectivity index (χ1) is 33.5. The van der Waals surface area contributed by atoms with Crippen LogP contribution in [0.3, 0.4) is 0 Å². The van der Waals surface area contributed by atoms with Crippen LogP contribution in [0.5, 0.6) is 0 Å². The van der Waals surface area contributed by atoms with Gasteiger partial charge in [-0.25, -0.2) is 19.3 Å². The summed E-state index contributed by atoms with van der Waals surface area (Å²) in [6.07, 6.45) is 5.65. The number of imidazole rings is 1. The normalized spacial score (nSPS) is 17.7. The van der Waals surface area contributed by atoms with Crippen LogP contribution in [0.4, 0.5) is 21.6 Å². The van der Waals surface area contributed by atoms with Crippen LogP contribution in [0.15, 0.2) is 91.1 Å². The number of nitrogens with zero attached hydrogens (tertiary/aromatic N) is 9. The highest BCUT2D eigenvalue weighted by Gasteiger charge is 2.40. The number of hydrogen-bond acceptors (Lipinski definition) is 12. The van der Waals surface area contributed by atoms with Crippen LogP contribution in [-0.2, 0) is 34.0 Å². The van der Waals surface area contributed by atoms with Gasteiger partial charge in [0.25, 0.3) is 5.91 Å². The molecule has 1 atom stereocenters. The standard InChI is InChI=1S/C29H37N5O3.C23H22FN7O/c1-2-3-13-32-14-16-33(17-15-32)19-22-9-7-21(8-10-22)18-30-25-6-4-5-23-24(25)20-34(29(23)37)26-11-12-27(35)31-28(26)36;1-15-27-20-4-3-19(16-6-7-26-22(25)12-16)28-23(20)31(15)17-2-5-21(18(24)13-17)30-10-8-29(14-32)9-11-30/h4-10,26,30H,2-3,11-20H2,1H3,(H,31,35,36);2-7,12-14H,8-11H2,1H3,(H2,25,26). The molecule has 0 aliphatic carbocycles. The molecule has 0 bridgehead atoms. The monoisotopic (exact) mass is 934 g/mol. The third kappa shape index (κ3) is 10.6. The molecule has 6 aromatic rings. The van der Waals surface area contributed by atoms with Crippen molar-refractivity contribution in [2.24, 2.45) is 0 Å². The number of halogens is 1. The first-order valence-electron chi connectivity index (χ1n) is 23.9. The van der Waals surface area contributed by atoms with Crippen LogP contribution in [0, 0.1) is 12.7 Å². The number of nitrogens with one attached hydrogen (secondary N) is 2. The number of aryl methyl sites for hydroxylation is 1. The van der Waals surface area contributed by atoms with Crippen LogP contribution in [-0.4, -0.2) is 128 Å². The summed E-state index contributed by atoms with van der Waals surface area (Å²) in [5.74, 6) is 0.00516. The van der Waals surface area contributed by atoms with Crippen molar-refractivity contribution < 1.29 is 23.6 Å². The minimum Gasteiger partial charge on any atom is -0.384 e. The molecule has 3 saturated heterocycles. The SMILES string of the molecule is CCCCN1CCN(Cc2ccc(CNc3cccc4c3CN(C3CCC(=O)NC3=O)C4=O)cc2)CC1.Cc1nc2ccc(-c3ccnc(N)c3)nc2n1-c1ccc(N2CCN(C=O)CC2)c(F)c1. The van der Waals surface area contributed by atoms with E-state index in [1.807, 2.05) is 58.9 Å². The van der Waals surface area contributed by atoms with E-state index in [2.05, 4.69) is 61.6 Å². The molecule has 16 nitrogen and oxygen atoms in total. The summed E-state index contributed by atoms with van der Waals surface area (Å²) in [6, 6.07) is 26.4. The van der Waals surface area contributed by atoms with Gasteiger partial charge in [-0.3, -0.25) is 34.0 Å². The zero-order valence-corrected chi connectivity index (χ0v) is 39.2. The Hall–Kier alpha value is -7.24. The third-order valence-electron chi connectivity index (χ3n) is 13.5. The Morgan fingerprint density at radius 2 is 1.64 bits per heavy atom. The molecule has 4 amide bonds. The van der Waals surface area contributed by atoms with E-state index in [0.717, 1.165) is 67.2 Å². The first-order valence-corrected chi connectivity index (χ1v) is 23.9. The van der Waals surface area contributed by atoms with Gasteiger partial charge in [0, 0.05) is 113 Å². The molecule has 0 spiro atoms. The van der Waals surface area contributed by atoms with Gasteiger partial charge in [-0.1, -0.05) is 43.7 Å². The molecule has 17 heteroatoms. The molecule has 10 rings (SSSR count). The van der Waals surface area contributed by atoms with Crippen molar-refractivity contribution in [1.29, 1.82) is 0 Å². The number of amides is 4. The maximum Gasteiger partial charge on any atom is 0.255 e. The predicted octanol–water partition coefficient (Wildman–Crippen LogP) is 5.77. The van der Waals surface area contributed by atoms with E-state index >= 15 is 4.39 Å². The molecular weight excluding hydrogens is 876 g/mol. The molecule has 358 valence electrons. The molecule has 4 N–H and O–H groups in total. The second-order valence-corrected chi connectivity index (χ2v) is 18.1. The van der Waals surface area contributed by atoms with Gasteiger partial charge < -0.3 is 30.7 Å². The Bertz CT molecular complexity index is 2840. The number of anilines is 3. The van der Waals surface area contributed by atoms with Crippen LogP contribution in [0.25, 0.3) is 28.1 Å². The van der Waals surface area contributed by atoms with Crippen molar-refractivity contribution >= 4 is 52.5 Å². The van der Waals surface area contributed by atoms with Gasteiger partial charge in [-0.15, -0.1) is 0 Å². The van der Waals surface area contributed by atoms with Crippen molar-refractivity contribution in [2.45, 2.75) is 65.2 Å². The lowest BCUT2D eigenvalue weighted by molar-refractivity contribution is -0.137. The van der Waals surface area contributed by atoms with Crippen LogP contribution >= 0.6 is 0 Å². The highest BCUT2D eigenvalue weighted by molar-refractivity contribution is 6.06. The molecule has 3 aromatic carbocycles. The summed E-state index contributed by atoms with van der Waals surface area (Å²) >= 11 is 0. The number of unbranched alkanes of at least 4 members (excludes halogenated alkanes) is 1. The minimum atomic E-state index is -0.600. The fraction of sp³-hybridized carbons (Fsp3) is 0.365. The van der Waals surface area contributed by atoms with E-state index < -0.39 is 6.04 Å². The van der Waals surface area contributed by atoms with Crippen molar-refractivity contribution in [3.63, 3.8) is 0 Å². The second-order valence-electron chi connectivity index (χ2n) is 18.1. The number of hydrogen-bond donors (Lipinski definition) is 3. The molecular formula is C52H59FN12O4. The summed E-state index contributed by atoms with van der Waals surface area (Å²) < 4.78 is 17.0. The molecule has 0 saturated carbocycles. The maximum absolute atomic E-state index is 15.1. The average Bonchev–Trinajstić information content (AvgIpc) is 3.88. The molecule has 69 heavy (non-hydrogen) atoms. The largest absolute Gasteiger partial charge is 0.384 e. The lowest BCUT2D eigenvalue weighted by Gasteiger charge is -2.34. The van der Waals surface area contributed by atoms with E-state index in [4.69, 9.17) is 10.7 Å². The number of carbonyl (C=O) groups excluding carboxylic acids is 4. The van der Waals surface area contributed by atoms with Gasteiger partial charge in [0.05, 0.1) is 17.1 Å². The van der Waals surface area contributed by atoms with E-state index in [1.54, 1.807) is 28.1 Å². The van der Waals surface area contributed by atoms with Crippen molar-refractivity contribution in [2.75, 3.05) is 74.9 Å². The number of nitrogen functional groups attached to an aromatic ring is 1. The van der Waals surface area contributed by atoms with Gasteiger partial charge in [0.1, 0.15) is 29.0 Å². The molecule has 3 aromatic heterocycles. The van der Waals surface area contributed by atoms with Crippen molar-refractivity contribution in [3.05, 3.63) is 125 Å². The highest BCUT2D eigenvalue weighted by atomic mass is 19.1. The Labute approximate surface area is 401 Å². The molecule has 3 fully saturated rings. The number of pyridine rings is 2. The molecule has 0 radical (unpaired) electrons. The average molecular weight is 935 g/mol. The fourth-order valence-electron chi connectivity index (χ4n) is 9.63. The van der Waals surface area contributed by atoms with E-state index in [9.17, 15) is 19.2 Å². The van der Waals surface area contributed by atoms with Gasteiger partial charge in [-0.05, 0) is 86.0 Å². The van der Waals surface area contributed by atoms with Crippen LogP contribution in [0.1, 0.15) is 65.5 Å². The van der Waals surface area contributed by atoms with Crippen LogP contribution in [0.2, 0.25) is 0 Å². The zero-order chi connectivity index (χ0) is 48.0. The summed E-state index contributed by atoms with van der Waals surface area (Å²) in [6.45, 7) is 14.3. The summed E-state index contributed by atoms with van der Waals surface area (Å²) in [4.78, 5) is 71.6. The number of fused-ring (bicyclic) bond motifs is 2. The summed E-state index contributed by atoms with van der Waals surface area (Å²) in [5, 5.41) is 5.86. The number of rotatable bonds is 13. The number of carbonyl (C=O) groups is 4. The van der Waals surface area contributed by atoms with Crippen molar-refractivity contribution in [3.8, 4) is 16.9 Å². The number of imide groups is 1. The maximum atomic E-state index is 15.1.